The second-order valence-corrected chi connectivity index (χ2v) is 8.72. The van der Waals surface area contributed by atoms with Crippen molar-refractivity contribution >= 4 is 22.8 Å². The Bertz CT molecular complexity index is 873. The van der Waals surface area contributed by atoms with Gasteiger partial charge in [-0.1, -0.05) is 18.2 Å². The SMILES string of the molecule is CC(C)(C)OC(=O)N1C2CCC1CC(C(=O)c1cnc3ccccc3c1)C2. The van der Waals surface area contributed by atoms with E-state index in [1.54, 1.807) is 6.20 Å². The number of carbonyl (C=O) groups is 2. The Morgan fingerprint density at radius 3 is 2.44 bits per heavy atom. The van der Waals surface area contributed by atoms with E-state index in [1.807, 2.05) is 56.0 Å². The van der Waals surface area contributed by atoms with Crippen LogP contribution in [0.25, 0.3) is 10.9 Å². The fraction of sp³-hybridized carbons (Fsp3) is 0.500. The van der Waals surface area contributed by atoms with Crippen LogP contribution in [0.1, 0.15) is 56.8 Å². The molecule has 2 aliphatic rings. The molecular weight excluding hydrogens is 340 g/mol. The van der Waals surface area contributed by atoms with E-state index in [2.05, 4.69) is 4.98 Å². The number of piperidine rings is 1. The Labute approximate surface area is 159 Å². The maximum absolute atomic E-state index is 13.1. The minimum absolute atomic E-state index is 0.0517. The lowest BCUT2D eigenvalue weighted by Gasteiger charge is -2.39. The number of rotatable bonds is 2. The molecule has 5 nitrogen and oxygen atoms in total. The largest absolute Gasteiger partial charge is 0.444 e. The number of para-hydroxylation sites is 1. The topological polar surface area (TPSA) is 59.5 Å². The zero-order valence-corrected chi connectivity index (χ0v) is 16.1. The number of benzene rings is 1. The Kier molecular flexibility index (Phi) is 4.41. The lowest BCUT2D eigenvalue weighted by Crippen LogP contribution is -2.49. The molecule has 2 aliphatic heterocycles. The van der Waals surface area contributed by atoms with Crippen molar-refractivity contribution in [1.82, 2.24) is 9.88 Å². The summed E-state index contributed by atoms with van der Waals surface area (Å²) in [5, 5.41) is 0.984. The quantitative estimate of drug-likeness (QED) is 0.729. The number of carbonyl (C=O) groups excluding carboxylic acids is 2. The van der Waals surface area contributed by atoms with Gasteiger partial charge in [-0.3, -0.25) is 9.78 Å². The first-order chi connectivity index (χ1) is 12.8. The van der Waals surface area contributed by atoms with Crippen LogP contribution in [0.3, 0.4) is 0 Å². The van der Waals surface area contributed by atoms with Gasteiger partial charge in [-0.25, -0.2) is 4.79 Å². The fourth-order valence-corrected chi connectivity index (χ4v) is 4.45. The van der Waals surface area contributed by atoms with Crippen molar-refractivity contribution in [3.63, 3.8) is 0 Å². The van der Waals surface area contributed by atoms with Crippen LogP contribution in [0.2, 0.25) is 0 Å². The van der Waals surface area contributed by atoms with Crippen molar-refractivity contribution in [1.29, 1.82) is 0 Å². The zero-order chi connectivity index (χ0) is 19.2. The van der Waals surface area contributed by atoms with E-state index in [0.29, 0.717) is 18.4 Å². The van der Waals surface area contributed by atoms with Crippen LogP contribution in [-0.4, -0.2) is 39.4 Å². The Hall–Kier alpha value is -2.43. The molecule has 0 saturated carbocycles. The molecule has 2 fully saturated rings. The molecule has 1 amide bonds. The van der Waals surface area contributed by atoms with Gasteiger partial charge in [0.1, 0.15) is 5.60 Å². The Balaban J connectivity index is 1.50. The molecule has 2 bridgehead atoms. The number of Topliss-reactive ketones (excluding diaryl/α,β-unsaturated/α-hetero) is 1. The molecule has 0 N–H and O–H groups in total. The summed E-state index contributed by atoms with van der Waals surface area (Å²) >= 11 is 0. The van der Waals surface area contributed by atoms with Crippen LogP contribution in [-0.2, 0) is 4.74 Å². The molecule has 2 unspecified atom stereocenters. The van der Waals surface area contributed by atoms with Gasteiger partial charge in [0.15, 0.2) is 5.78 Å². The van der Waals surface area contributed by atoms with Crippen LogP contribution in [0.5, 0.6) is 0 Å². The highest BCUT2D eigenvalue weighted by Crippen LogP contribution is 2.40. The average molecular weight is 366 g/mol. The summed E-state index contributed by atoms with van der Waals surface area (Å²) in [7, 11) is 0. The van der Waals surface area contributed by atoms with Crippen LogP contribution < -0.4 is 0 Å². The van der Waals surface area contributed by atoms with E-state index in [4.69, 9.17) is 4.74 Å². The third-order valence-electron chi connectivity index (χ3n) is 5.58. The van der Waals surface area contributed by atoms with Gasteiger partial charge < -0.3 is 9.64 Å². The number of hydrogen-bond acceptors (Lipinski definition) is 4. The van der Waals surface area contributed by atoms with Crippen LogP contribution in [0.4, 0.5) is 4.79 Å². The molecule has 4 rings (SSSR count). The van der Waals surface area contributed by atoms with Gasteiger partial charge in [0.25, 0.3) is 0 Å². The van der Waals surface area contributed by atoms with Crippen molar-refractivity contribution in [3.05, 3.63) is 42.1 Å². The molecule has 1 aromatic heterocycles. The molecule has 2 atom stereocenters. The highest BCUT2D eigenvalue weighted by molar-refractivity contribution is 6.00. The van der Waals surface area contributed by atoms with Gasteiger partial charge in [-0.2, -0.15) is 0 Å². The van der Waals surface area contributed by atoms with Crippen LogP contribution >= 0.6 is 0 Å². The molecule has 2 saturated heterocycles. The number of hydrogen-bond donors (Lipinski definition) is 0. The molecule has 0 radical (unpaired) electrons. The summed E-state index contributed by atoms with van der Waals surface area (Å²) in [6, 6.07) is 9.96. The third-order valence-corrected chi connectivity index (χ3v) is 5.58. The molecule has 0 aliphatic carbocycles. The zero-order valence-electron chi connectivity index (χ0n) is 16.1. The summed E-state index contributed by atoms with van der Waals surface area (Å²) in [5.41, 5.74) is 1.07. The highest BCUT2D eigenvalue weighted by Gasteiger charge is 2.46. The third kappa shape index (κ3) is 3.55. The van der Waals surface area contributed by atoms with E-state index in [-0.39, 0.29) is 29.9 Å². The van der Waals surface area contributed by atoms with Crippen LogP contribution in [0, 0.1) is 5.92 Å². The normalized spacial score (nSPS) is 24.9. The number of ketones is 1. The monoisotopic (exact) mass is 366 g/mol. The van der Waals surface area contributed by atoms with Gasteiger partial charge in [0.05, 0.1) is 5.52 Å². The first-order valence-corrected chi connectivity index (χ1v) is 9.72. The van der Waals surface area contributed by atoms with Crippen molar-refractivity contribution in [2.24, 2.45) is 5.92 Å². The number of fused-ring (bicyclic) bond motifs is 3. The van der Waals surface area contributed by atoms with E-state index in [0.717, 1.165) is 23.7 Å². The Morgan fingerprint density at radius 1 is 1.11 bits per heavy atom. The predicted octanol–water partition coefficient (Wildman–Crippen LogP) is 4.60. The van der Waals surface area contributed by atoms with Crippen molar-refractivity contribution in [2.75, 3.05) is 0 Å². The maximum Gasteiger partial charge on any atom is 0.410 e. The molecule has 5 heteroatoms. The fourth-order valence-electron chi connectivity index (χ4n) is 4.45. The van der Waals surface area contributed by atoms with E-state index in [9.17, 15) is 9.59 Å². The summed E-state index contributed by atoms with van der Waals surface area (Å²) < 4.78 is 5.58. The number of pyridine rings is 1. The number of nitrogens with zero attached hydrogens (tertiary/aromatic N) is 2. The minimum Gasteiger partial charge on any atom is -0.444 e. The van der Waals surface area contributed by atoms with Crippen molar-refractivity contribution in [3.8, 4) is 0 Å². The first-order valence-electron chi connectivity index (χ1n) is 9.72. The molecular formula is C22H26N2O3. The number of aromatic nitrogens is 1. The molecule has 3 heterocycles. The summed E-state index contributed by atoms with van der Waals surface area (Å²) in [6.45, 7) is 5.65. The second-order valence-electron chi connectivity index (χ2n) is 8.72. The lowest BCUT2D eigenvalue weighted by atomic mass is 9.85. The highest BCUT2D eigenvalue weighted by atomic mass is 16.6. The molecule has 142 valence electrons. The van der Waals surface area contributed by atoms with Crippen LogP contribution in [0.15, 0.2) is 36.5 Å². The predicted molar refractivity (Wildman–Crippen MR) is 104 cm³/mol. The van der Waals surface area contributed by atoms with E-state index >= 15 is 0 Å². The Morgan fingerprint density at radius 2 is 1.78 bits per heavy atom. The summed E-state index contributed by atoms with van der Waals surface area (Å²) in [5.74, 6) is 0.0955. The standard InChI is InChI=1S/C22H26N2O3/c1-22(2,3)27-21(26)24-17-8-9-18(24)12-15(11-17)20(25)16-10-14-6-4-5-7-19(14)23-13-16/h4-7,10,13,15,17-18H,8-9,11-12H2,1-3H3. The molecule has 2 aromatic rings. The van der Waals surface area contributed by atoms with Gasteiger partial charge in [0.2, 0.25) is 0 Å². The maximum atomic E-state index is 13.1. The van der Waals surface area contributed by atoms with E-state index in [1.165, 1.54) is 0 Å². The van der Waals surface area contributed by atoms with Gasteiger partial charge >= 0.3 is 6.09 Å². The second kappa shape index (κ2) is 6.63. The van der Waals surface area contributed by atoms with Crippen molar-refractivity contribution in [2.45, 2.75) is 64.1 Å². The molecule has 1 aromatic carbocycles. The minimum atomic E-state index is -0.500. The average Bonchev–Trinajstić information content (AvgIpc) is 2.89. The number of amides is 1. The van der Waals surface area contributed by atoms with Gasteiger partial charge in [-0.05, 0) is 58.6 Å². The number of ether oxygens (including phenoxy) is 1. The molecule has 0 spiro atoms. The summed E-state index contributed by atoms with van der Waals surface area (Å²) in [4.78, 5) is 32.0. The lowest BCUT2D eigenvalue weighted by molar-refractivity contribution is 0.00254. The first kappa shape index (κ1) is 18.0. The van der Waals surface area contributed by atoms with E-state index < -0.39 is 5.60 Å². The molecule has 27 heavy (non-hydrogen) atoms. The summed E-state index contributed by atoms with van der Waals surface area (Å²) in [6.07, 6.45) is 4.76. The smallest absolute Gasteiger partial charge is 0.410 e. The van der Waals surface area contributed by atoms with Gasteiger partial charge in [0, 0.05) is 35.1 Å². The van der Waals surface area contributed by atoms with Gasteiger partial charge in [-0.15, -0.1) is 0 Å². The van der Waals surface area contributed by atoms with Crippen molar-refractivity contribution < 1.29 is 14.3 Å².